The molecule has 34 heavy (non-hydrogen) atoms. The molecule has 0 spiro atoms. The predicted octanol–water partition coefficient (Wildman–Crippen LogP) is 4.52. The highest BCUT2D eigenvalue weighted by atomic mass is 35.5. The molecule has 2 aliphatic rings. The average Bonchev–Trinajstić information content (AvgIpc) is 3.52. The van der Waals surface area contributed by atoms with Gasteiger partial charge in [0.1, 0.15) is 12.1 Å². The molecule has 0 aliphatic carbocycles. The molecule has 1 atom stereocenters. The summed E-state index contributed by atoms with van der Waals surface area (Å²) in [5.74, 6) is -0.716. The standard InChI is InChI=1S/C25H23ClN4O3S/c1-3-25(18-5-7-19(26)8-6-18)23(32)30(24(33)28-25)13-22(31)29-11-10-17-12-16(4-9-21(17)29)20-14-34-15(2)27-20/h4-9,12,14H,3,10-11,13H2,1-2H3,(H,28,33). The molecule has 1 fully saturated rings. The van der Waals surface area contributed by atoms with E-state index in [0.717, 1.165) is 32.4 Å². The molecule has 0 bridgehead atoms. The van der Waals surface area contributed by atoms with Crippen LogP contribution >= 0.6 is 22.9 Å². The summed E-state index contributed by atoms with van der Waals surface area (Å²) < 4.78 is 0. The van der Waals surface area contributed by atoms with E-state index in [2.05, 4.69) is 16.4 Å². The Balaban J connectivity index is 1.36. The number of carbonyl (C=O) groups is 3. The van der Waals surface area contributed by atoms with Crippen molar-refractivity contribution >= 4 is 46.5 Å². The van der Waals surface area contributed by atoms with Crippen LogP contribution in [0.15, 0.2) is 47.8 Å². The average molecular weight is 495 g/mol. The topological polar surface area (TPSA) is 82.6 Å². The minimum Gasteiger partial charge on any atom is -0.319 e. The first kappa shape index (κ1) is 22.6. The highest BCUT2D eigenvalue weighted by Gasteiger charge is 2.52. The van der Waals surface area contributed by atoms with Crippen LogP contribution in [0.3, 0.4) is 0 Å². The molecule has 3 aromatic rings. The molecule has 7 nitrogen and oxygen atoms in total. The van der Waals surface area contributed by atoms with Crippen LogP contribution in [0, 0.1) is 6.92 Å². The van der Waals surface area contributed by atoms with Gasteiger partial charge in [-0.25, -0.2) is 9.78 Å². The third-order valence-corrected chi connectivity index (χ3v) is 7.55. The largest absolute Gasteiger partial charge is 0.325 e. The monoisotopic (exact) mass is 494 g/mol. The minimum absolute atomic E-state index is 0.289. The Morgan fingerprint density at radius 2 is 1.97 bits per heavy atom. The quantitative estimate of drug-likeness (QED) is 0.529. The van der Waals surface area contributed by atoms with Gasteiger partial charge in [0.2, 0.25) is 5.91 Å². The van der Waals surface area contributed by atoms with E-state index in [-0.39, 0.29) is 12.5 Å². The number of aromatic nitrogens is 1. The number of halogens is 1. The van der Waals surface area contributed by atoms with E-state index in [4.69, 9.17) is 11.6 Å². The lowest BCUT2D eigenvalue weighted by atomic mass is 9.87. The second kappa shape index (κ2) is 8.52. The summed E-state index contributed by atoms with van der Waals surface area (Å²) in [6.07, 6.45) is 1.07. The second-order valence-electron chi connectivity index (χ2n) is 8.48. The Labute approximate surface area is 206 Å². The summed E-state index contributed by atoms with van der Waals surface area (Å²) in [7, 11) is 0. The Kier molecular flexibility index (Phi) is 5.65. The number of fused-ring (bicyclic) bond motifs is 1. The zero-order valence-electron chi connectivity index (χ0n) is 18.8. The zero-order valence-corrected chi connectivity index (χ0v) is 20.4. The van der Waals surface area contributed by atoms with Crippen molar-refractivity contribution in [2.75, 3.05) is 18.0 Å². The molecule has 0 saturated carbocycles. The molecule has 1 N–H and O–H groups in total. The maximum absolute atomic E-state index is 13.4. The number of benzene rings is 2. The Morgan fingerprint density at radius 1 is 1.21 bits per heavy atom. The van der Waals surface area contributed by atoms with Crippen LogP contribution in [-0.4, -0.2) is 40.8 Å². The number of urea groups is 1. The van der Waals surface area contributed by atoms with Gasteiger partial charge >= 0.3 is 6.03 Å². The summed E-state index contributed by atoms with van der Waals surface area (Å²) in [4.78, 5) is 46.6. The van der Waals surface area contributed by atoms with Gasteiger partial charge in [0.15, 0.2) is 0 Å². The van der Waals surface area contributed by atoms with E-state index < -0.39 is 17.5 Å². The van der Waals surface area contributed by atoms with Crippen molar-refractivity contribution in [2.24, 2.45) is 0 Å². The lowest BCUT2D eigenvalue weighted by molar-refractivity contribution is -0.134. The number of amides is 4. The van der Waals surface area contributed by atoms with Crippen LogP contribution in [-0.2, 0) is 21.5 Å². The van der Waals surface area contributed by atoms with E-state index in [0.29, 0.717) is 30.0 Å². The van der Waals surface area contributed by atoms with E-state index in [9.17, 15) is 14.4 Å². The molecule has 9 heteroatoms. The highest BCUT2D eigenvalue weighted by molar-refractivity contribution is 7.09. The molecule has 1 aromatic heterocycles. The molecule has 4 amide bonds. The number of nitrogens with zero attached hydrogens (tertiary/aromatic N) is 3. The van der Waals surface area contributed by atoms with E-state index in [1.807, 2.05) is 31.4 Å². The number of aryl methyl sites for hydroxylation is 1. The van der Waals surface area contributed by atoms with Crippen LogP contribution in [0.1, 0.15) is 29.5 Å². The van der Waals surface area contributed by atoms with E-state index in [1.165, 1.54) is 0 Å². The summed E-state index contributed by atoms with van der Waals surface area (Å²) in [5, 5.41) is 6.38. The van der Waals surface area contributed by atoms with Gasteiger partial charge in [0.25, 0.3) is 5.91 Å². The lowest BCUT2D eigenvalue weighted by Crippen LogP contribution is -2.45. The number of hydrogen-bond acceptors (Lipinski definition) is 5. The minimum atomic E-state index is -1.20. The molecule has 5 rings (SSSR count). The maximum Gasteiger partial charge on any atom is 0.325 e. The molecule has 0 radical (unpaired) electrons. The molecule has 1 saturated heterocycles. The van der Waals surface area contributed by atoms with Crippen molar-refractivity contribution in [3.05, 3.63) is 69.0 Å². The van der Waals surface area contributed by atoms with Gasteiger partial charge in [-0.15, -0.1) is 11.3 Å². The molecule has 3 heterocycles. The third-order valence-electron chi connectivity index (χ3n) is 6.53. The summed E-state index contributed by atoms with van der Waals surface area (Å²) in [5.41, 5.74) is 3.24. The smallest absolute Gasteiger partial charge is 0.319 e. The highest BCUT2D eigenvalue weighted by Crippen LogP contribution is 2.35. The van der Waals surface area contributed by atoms with E-state index >= 15 is 0 Å². The normalized spacial score (nSPS) is 19.5. The fourth-order valence-corrected chi connectivity index (χ4v) is 5.43. The molecular weight excluding hydrogens is 472 g/mol. The number of thiazole rings is 1. The van der Waals surface area contributed by atoms with Gasteiger partial charge in [0, 0.05) is 28.2 Å². The number of rotatable bonds is 5. The SMILES string of the molecule is CCC1(c2ccc(Cl)cc2)NC(=O)N(CC(=O)N2CCc3cc(-c4csc(C)n4)ccc32)C1=O. The van der Waals surface area contributed by atoms with Crippen molar-refractivity contribution in [3.8, 4) is 11.3 Å². The van der Waals surface area contributed by atoms with Gasteiger partial charge in [-0.1, -0.05) is 36.7 Å². The number of anilines is 1. The number of carbonyl (C=O) groups excluding carboxylic acids is 3. The van der Waals surface area contributed by atoms with Crippen LogP contribution < -0.4 is 10.2 Å². The van der Waals surface area contributed by atoms with Gasteiger partial charge < -0.3 is 10.2 Å². The first-order valence-electron chi connectivity index (χ1n) is 11.1. The van der Waals surface area contributed by atoms with Crippen molar-refractivity contribution in [1.82, 2.24) is 15.2 Å². The van der Waals surface area contributed by atoms with Crippen molar-refractivity contribution < 1.29 is 14.4 Å². The summed E-state index contributed by atoms with van der Waals surface area (Å²) in [6.45, 7) is 3.99. The maximum atomic E-state index is 13.4. The lowest BCUT2D eigenvalue weighted by Gasteiger charge is -2.26. The van der Waals surface area contributed by atoms with Crippen molar-refractivity contribution in [1.29, 1.82) is 0 Å². The number of hydrogen-bond donors (Lipinski definition) is 1. The fourth-order valence-electron chi connectivity index (χ4n) is 4.68. The summed E-state index contributed by atoms with van der Waals surface area (Å²) in [6, 6.07) is 12.2. The second-order valence-corrected chi connectivity index (χ2v) is 9.98. The van der Waals surface area contributed by atoms with Crippen molar-refractivity contribution in [3.63, 3.8) is 0 Å². The van der Waals surface area contributed by atoms with Gasteiger partial charge in [-0.3, -0.25) is 14.5 Å². The molecule has 174 valence electrons. The first-order valence-corrected chi connectivity index (χ1v) is 12.3. The Hall–Kier alpha value is -3.23. The first-order chi connectivity index (χ1) is 16.3. The molecule has 1 unspecified atom stereocenters. The van der Waals surface area contributed by atoms with Gasteiger partial charge in [0.05, 0.1) is 10.7 Å². The van der Waals surface area contributed by atoms with Gasteiger partial charge in [-0.05, 0) is 55.2 Å². The Bertz CT molecular complexity index is 1310. The van der Waals surface area contributed by atoms with Crippen LogP contribution in [0.2, 0.25) is 5.02 Å². The van der Waals surface area contributed by atoms with Crippen LogP contribution in [0.4, 0.5) is 10.5 Å². The van der Waals surface area contributed by atoms with E-state index in [1.54, 1.807) is 40.5 Å². The zero-order chi connectivity index (χ0) is 24.0. The Morgan fingerprint density at radius 3 is 2.65 bits per heavy atom. The predicted molar refractivity (Wildman–Crippen MR) is 132 cm³/mol. The molecular formula is C25H23ClN4O3S. The van der Waals surface area contributed by atoms with Crippen LogP contribution in [0.5, 0.6) is 0 Å². The number of imide groups is 1. The summed E-state index contributed by atoms with van der Waals surface area (Å²) >= 11 is 7.59. The molecule has 2 aromatic carbocycles. The van der Waals surface area contributed by atoms with Crippen LogP contribution in [0.25, 0.3) is 11.3 Å². The third kappa shape index (κ3) is 3.67. The molecule has 2 aliphatic heterocycles. The van der Waals surface area contributed by atoms with Gasteiger partial charge in [-0.2, -0.15) is 0 Å². The fraction of sp³-hybridized carbons (Fsp3) is 0.280. The van der Waals surface area contributed by atoms with Crippen molar-refractivity contribution in [2.45, 2.75) is 32.2 Å². The number of nitrogens with one attached hydrogen (secondary N) is 1.